The second kappa shape index (κ2) is 3.85. The van der Waals surface area contributed by atoms with Crippen molar-refractivity contribution in [3.8, 4) is 0 Å². The number of rotatable bonds is 0. The fraction of sp³-hybridized carbons (Fsp3) is 0.667. The van der Waals surface area contributed by atoms with Crippen LogP contribution in [0.1, 0.15) is 69.9 Å². The van der Waals surface area contributed by atoms with Gasteiger partial charge < -0.3 is 4.74 Å². The number of fused-ring (bicyclic) bond motifs is 2. The molecule has 0 N–H and O–H groups in total. The van der Waals surface area contributed by atoms with Crippen LogP contribution < -0.4 is 0 Å². The maximum absolute atomic E-state index is 5.81. The van der Waals surface area contributed by atoms with Crippen LogP contribution in [0.15, 0.2) is 12.1 Å². The summed E-state index contributed by atoms with van der Waals surface area (Å²) in [4.78, 5) is 0. The normalized spacial score (nSPS) is 30.8. The highest BCUT2D eigenvalue weighted by atomic mass is 16.5. The van der Waals surface area contributed by atoms with Gasteiger partial charge in [0, 0.05) is 0 Å². The lowest BCUT2D eigenvalue weighted by molar-refractivity contribution is 0.0554. The summed E-state index contributed by atoms with van der Waals surface area (Å²) in [6.07, 6.45) is 1.32. The number of benzene rings is 1. The van der Waals surface area contributed by atoms with Crippen LogP contribution >= 0.6 is 0 Å². The van der Waals surface area contributed by atoms with Crippen molar-refractivity contribution in [3.05, 3.63) is 34.4 Å². The quantitative estimate of drug-likeness (QED) is 0.664. The summed E-state index contributed by atoms with van der Waals surface area (Å²) in [6, 6.07) is 4.93. The molecule has 1 heteroatoms. The SMILES string of the molecule is C[C@@H]1C(C)(C)c2cc3c(cc2C1(C)C)[C@H](C)OCC3. The summed E-state index contributed by atoms with van der Waals surface area (Å²) in [5, 5.41) is 0. The van der Waals surface area contributed by atoms with Gasteiger partial charge in [-0.3, -0.25) is 0 Å². The Morgan fingerprint density at radius 1 is 1.00 bits per heavy atom. The first-order chi connectivity index (χ1) is 8.76. The van der Waals surface area contributed by atoms with E-state index in [9.17, 15) is 0 Å². The van der Waals surface area contributed by atoms with Gasteiger partial charge >= 0.3 is 0 Å². The van der Waals surface area contributed by atoms with Crippen molar-refractivity contribution in [1.82, 2.24) is 0 Å². The smallest absolute Gasteiger partial charge is 0.0799 e. The van der Waals surface area contributed by atoms with Crippen molar-refractivity contribution in [2.75, 3.05) is 6.61 Å². The molecule has 0 amide bonds. The van der Waals surface area contributed by atoms with Gasteiger partial charge in [0.2, 0.25) is 0 Å². The molecule has 3 rings (SSSR count). The zero-order valence-corrected chi connectivity index (χ0v) is 13.1. The van der Waals surface area contributed by atoms with Crippen LogP contribution in [0.25, 0.3) is 0 Å². The Morgan fingerprint density at radius 3 is 2.21 bits per heavy atom. The third-order valence-corrected chi connectivity index (χ3v) is 6.01. The first-order valence-electron chi connectivity index (χ1n) is 7.55. The van der Waals surface area contributed by atoms with E-state index in [1.54, 1.807) is 11.1 Å². The van der Waals surface area contributed by atoms with Crippen molar-refractivity contribution in [3.63, 3.8) is 0 Å². The summed E-state index contributed by atoms with van der Waals surface area (Å²) < 4.78 is 5.81. The first kappa shape index (κ1) is 13.2. The molecule has 1 aromatic carbocycles. The van der Waals surface area contributed by atoms with Gasteiger partial charge in [-0.05, 0) is 52.3 Å². The van der Waals surface area contributed by atoms with Gasteiger partial charge in [0.05, 0.1) is 12.7 Å². The number of hydrogen-bond donors (Lipinski definition) is 0. The maximum Gasteiger partial charge on any atom is 0.0799 e. The molecule has 0 fully saturated rings. The van der Waals surface area contributed by atoms with E-state index in [2.05, 4.69) is 53.7 Å². The molecule has 0 saturated carbocycles. The van der Waals surface area contributed by atoms with E-state index in [0.717, 1.165) is 13.0 Å². The summed E-state index contributed by atoms with van der Waals surface area (Å²) in [6.45, 7) is 15.0. The molecule has 2 aliphatic rings. The molecule has 104 valence electrons. The molecule has 0 saturated heterocycles. The fourth-order valence-electron chi connectivity index (χ4n) is 4.13. The molecule has 0 unspecified atom stereocenters. The van der Waals surface area contributed by atoms with Gasteiger partial charge in [-0.2, -0.15) is 0 Å². The third kappa shape index (κ3) is 1.64. The average Bonchev–Trinajstić information content (AvgIpc) is 2.48. The Bertz CT molecular complexity index is 525. The van der Waals surface area contributed by atoms with E-state index >= 15 is 0 Å². The van der Waals surface area contributed by atoms with Crippen LogP contribution in [-0.4, -0.2) is 6.61 Å². The van der Waals surface area contributed by atoms with Crippen molar-refractivity contribution in [2.45, 2.75) is 64.9 Å². The largest absolute Gasteiger partial charge is 0.373 e. The molecule has 0 radical (unpaired) electrons. The molecule has 2 atom stereocenters. The molecule has 0 aromatic heterocycles. The molecule has 1 aromatic rings. The predicted octanol–water partition coefficient (Wildman–Crippen LogP) is 4.53. The zero-order valence-electron chi connectivity index (χ0n) is 13.1. The van der Waals surface area contributed by atoms with Crippen molar-refractivity contribution in [2.24, 2.45) is 5.92 Å². The van der Waals surface area contributed by atoms with E-state index in [1.807, 2.05) is 0 Å². The van der Waals surface area contributed by atoms with Gasteiger partial charge in [-0.15, -0.1) is 0 Å². The maximum atomic E-state index is 5.81. The van der Waals surface area contributed by atoms with Gasteiger partial charge in [-0.1, -0.05) is 46.8 Å². The van der Waals surface area contributed by atoms with Gasteiger partial charge in [-0.25, -0.2) is 0 Å². The van der Waals surface area contributed by atoms with Crippen molar-refractivity contribution < 1.29 is 4.74 Å². The topological polar surface area (TPSA) is 9.23 Å². The van der Waals surface area contributed by atoms with Gasteiger partial charge in [0.25, 0.3) is 0 Å². The summed E-state index contributed by atoms with van der Waals surface area (Å²) >= 11 is 0. The van der Waals surface area contributed by atoms with Crippen LogP contribution in [-0.2, 0) is 22.0 Å². The average molecular weight is 258 g/mol. The van der Waals surface area contributed by atoms with Crippen LogP contribution in [0.3, 0.4) is 0 Å². The molecular formula is C18H26O. The summed E-state index contributed by atoms with van der Waals surface area (Å²) in [7, 11) is 0. The predicted molar refractivity (Wildman–Crippen MR) is 79.7 cm³/mol. The zero-order chi connectivity index (χ0) is 14.0. The first-order valence-corrected chi connectivity index (χ1v) is 7.55. The Morgan fingerprint density at radius 2 is 1.58 bits per heavy atom. The number of hydrogen-bond acceptors (Lipinski definition) is 1. The van der Waals surface area contributed by atoms with Gasteiger partial charge in [0.1, 0.15) is 0 Å². The Hall–Kier alpha value is -0.820. The molecule has 1 aliphatic carbocycles. The minimum atomic E-state index is 0.254. The lowest BCUT2D eigenvalue weighted by atomic mass is 9.71. The second-order valence-electron chi connectivity index (χ2n) is 7.52. The molecule has 1 heterocycles. The lowest BCUT2D eigenvalue weighted by Crippen LogP contribution is -2.30. The second-order valence-corrected chi connectivity index (χ2v) is 7.52. The van der Waals surface area contributed by atoms with Gasteiger partial charge in [0.15, 0.2) is 0 Å². The van der Waals surface area contributed by atoms with Crippen LogP contribution in [0, 0.1) is 5.92 Å². The highest BCUT2D eigenvalue weighted by molar-refractivity contribution is 5.51. The standard InChI is InChI=1S/C18H26O/c1-11-14-10-16-15(9-13(14)7-8-19-11)17(3,4)12(2)18(16,5)6/h9-12H,7-8H2,1-6H3/t11-,12+/m0/s1. The molecule has 1 aliphatic heterocycles. The van der Waals surface area contributed by atoms with E-state index in [-0.39, 0.29) is 16.9 Å². The van der Waals surface area contributed by atoms with E-state index in [1.165, 1.54) is 11.1 Å². The monoisotopic (exact) mass is 258 g/mol. The Balaban J connectivity index is 2.25. The summed E-state index contributed by atoms with van der Waals surface area (Å²) in [5.74, 6) is 0.662. The lowest BCUT2D eigenvalue weighted by Gasteiger charge is -2.32. The molecule has 0 spiro atoms. The molecule has 0 bridgehead atoms. The van der Waals surface area contributed by atoms with Crippen LogP contribution in [0.2, 0.25) is 0 Å². The molecule has 19 heavy (non-hydrogen) atoms. The minimum absolute atomic E-state index is 0.254. The van der Waals surface area contributed by atoms with Crippen LogP contribution in [0.4, 0.5) is 0 Å². The highest BCUT2D eigenvalue weighted by Gasteiger charge is 2.48. The van der Waals surface area contributed by atoms with Crippen molar-refractivity contribution in [1.29, 1.82) is 0 Å². The van der Waals surface area contributed by atoms with E-state index in [4.69, 9.17) is 4.74 Å². The van der Waals surface area contributed by atoms with Crippen molar-refractivity contribution >= 4 is 0 Å². The van der Waals surface area contributed by atoms with E-state index < -0.39 is 0 Å². The minimum Gasteiger partial charge on any atom is -0.373 e. The molecule has 1 nitrogen and oxygen atoms in total. The highest BCUT2D eigenvalue weighted by Crippen LogP contribution is 2.54. The fourth-order valence-corrected chi connectivity index (χ4v) is 4.13. The van der Waals surface area contributed by atoms with E-state index in [0.29, 0.717) is 5.92 Å². The summed E-state index contributed by atoms with van der Waals surface area (Å²) in [5.41, 5.74) is 6.57. The van der Waals surface area contributed by atoms with Crippen LogP contribution in [0.5, 0.6) is 0 Å². The Labute approximate surface area is 117 Å². The Kier molecular flexibility index (Phi) is 2.67. The number of ether oxygens (including phenoxy) is 1. The third-order valence-electron chi connectivity index (χ3n) is 6.01. The molecular weight excluding hydrogens is 232 g/mol.